The number of aliphatic imine (C=N–C) groups is 1. The monoisotopic (exact) mass is 1070 g/mol. The maximum atomic E-state index is 18.5. The predicted octanol–water partition coefficient (Wildman–Crippen LogP) is 20.1. The van der Waals surface area contributed by atoms with E-state index in [0.717, 1.165) is 75.4 Å². The highest BCUT2D eigenvalue weighted by molar-refractivity contribution is 7.27. The molecule has 0 radical (unpaired) electrons. The number of aromatic nitrogens is 1. The largest absolute Gasteiger partial charge is 0.290 e. The van der Waals surface area contributed by atoms with Crippen molar-refractivity contribution in [3.63, 3.8) is 0 Å². The van der Waals surface area contributed by atoms with Gasteiger partial charge in [0.1, 0.15) is 0 Å². The standard InChI is InChI=1S/C80H14N2O2S/c83-74-68-58-50-35-32-24-20-18-19-22-26-27-23(19)29-28(20)38-43(32)53(50)63-60-48(38)39(29)44-37(27)45-40-34(26)47-42-31(22)30-21(18)25(24)33-36(35)51-56-46(33)41(30)49(42)62-66(56)75(69(74)59(51)58)85-76-67(62)57(47)52(40)61-65-55(45)54(44)64(60)72-73(65)80(78(84)70(61)76,17-13-7-8-14-81-17)82-77(15-9-3-1-4-10-15)79(72,71(63)68)16-11-5-2-6-12-16/h1-14H. The maximum Gasteiger partial charge on any atom is 0.203 e. The van der Waals surface area contributed by atoms with Crippen LogP contribution in [0.2, 0.25) is 0 Å². The molecule has 5 heteroatoms. The normalized spacial score (nSPS) is 20.2. The molecule has 2 atom stereocenters. The molecule has 85 heavy (non-hydrogen) atoms. The third kappa shape index (κ3) is 2.19. The third-order valence-corrected chi connectivity index (χ3v) is 28.1. The van der Waals surface area contributed by atoms with Gasteiger partial charge in [0, 0.05) is 194 Å². The number of hydrogen-bond acceptors (Lipinski definition) is 5. The van der Waals surface area contributed by atoms with E-state index in [4.69, 9.17) is 9.98 Å². The average molecular weight is 1070 g/mol. The van der Waals surface area contributed by atoms with E-state index in [2.05, 4.69) is 72.8 Å². The zero-order valence-corrected chi connectivity index (χ0v) is 44.0. The van der Waals surface area contributed by atoms with Crippen LogP contribution in [0.3, 0.4) is 0 Å². The fraction of sp³-hybridized carbons (Fsp3) is 0.0250. The lowest BCUT2D eigenvalue weighted by Crippen LogP contribution is -2.52. The van der Waals surface area contributed by atoms with Crippen LogP contribution in [0.5, 0.6) is 0 Å². The van der Waals surface area contributed by atoms with Crippen LogP contribution in [0.25, 0.3) is 289 Å². The van der Waals surface area contributed by atoms with Crippen LogP contribution in [0, 0.1) is 0 Å². The summed E-state index contributed by atoms with van der Waals surface area (Å²) in [5, 5.41) is 71.2. The summed E-state index contributed by atoms with van der Waals surface area (Å²) in [6.45, 7) is 0. The number of rotatable bonds is 3. The second kappa shape index (κ2) is 8.66. The first kappa shape index (κ1) is 34.7. The molecule has 2 aliphatic carbocycles. The SMILES string of the molecule is O=C1c2c3sc4c5c(=O)c6c7c8c9c%10c%11c(c%12c2c2c%13c3c3c4c4c%14c5c6c5c8c6c8c9c9c%15c%10c%12c%10c2c2c%13c%12c3c3c4c4c%14c5c6c5c4c4c3c%12c3c2c(c%10%15)c2c9c8c5c4c23)C1(c1ccccn1)N=C(c1ccccc1)C%117c1ccccc1. The molecule has 0 bridgehead atoms. The molecule has 0 amide bonds. The number of benzene rings is 20. The molecule has 34 rings (SSSR count). The van der Waals surface area contributed by atoms with Gasteiger partial charge >= 0.3 is 0 Å². The molecule has 29 aromatic carbocycles. The highest BCUT2D eigenvalue weighted by Crippen LogP contribution is 2.80. The number of pyridine rings is 1. The molecular formula is C80H14N2O2S. The van der Waals surface area contributed by atoms with Crippen molar-refractivity contribution in [3.05, 3.63) is 134 Å². The summed E-state index contributed by atoms with van der Waals surface area (Å²) in [4.78, 5) is 48.7. The topological polar surface area (TPSA) is 59.4 Å². The van der Waals surface area contributed by atoms with E-state index in [-0.39, 0.29) is 11.2 Å². The highest BCUT2D eigenvalue weighted by atomic mass is 32.1. The molecule has 0 spiro atoms. The molecule has 0 saturated heterocycles. The Hall–Kier alpha value is -10.7. The first-order valence-electron chi connectivity index (χ1n) is 30.4. The molecule has 3 heterocycles. The first-order chi connectivity index (χ1) is 42.2. The van der Waals surface area contributed by atoms with Crippen LogP contribution >= 0.6 is 11.3 Å². The van der Waals surface area contributed by atoms with Crippen LogP contribution in [0.4, 0.5) is 0 Å². The number of carbonyl (C=O) groups is 1. The van der Waals surface area contributed by atoms with Crippen LogP contribution in [-0.4, -0.2) is 16.5 Å². The molecule has 2 unspecified atom stereocenters. The number of carbonyl (C=O) groups excluding carboxylic acids is 1. The summed E-state index contributed by atoms with van der Waals surface area (Å²) < 4.78 is 2.08. The van der Waals surface area contributed by atoms with Gasteiger partial charge in [-0.3, -0.25) is 19.6 Å². The molecule has 0 N–H and O–H groups in total. The quantitative estimate of drug-likeness (QED) is 0.131. The molecule has 31 aromatic rings. The lowest BCUT2D eigenvalue weighted by molar-refractivity contribution is 0.0914. The van der Waals surface area contributed by atoms with Gasteiger partial charge in [-0.05, 0) is 147 Å². The van der Waals surface area contributed by atoms with Crippen LogP contribution in [-0.2, 0) is 11.0 Å². The van der Waals surface area contributed by atoms with E-state index in [1.165, 1.54) is 253 Å². The van der Waals surface area contributed by atoms with Crippen LogP contribution in [0.1, 0.15) is 43.9 Å². The number of fused-ring (bicyclic) bond motifs is 4. The smallest absolute Gasteiger partial charge is 0.203 e. The van der Waals surface area contributed by atoms with Crippen molar-refractivity contribution in [1.29, 1.82) is 0 Å². The summed E-state index contributed by atoms with van der Waals surface area (Å²) in [5.74, 6) is 0.00671. The van der Waals surface area contributed by atoms with Crippen molar-refractivity contribution in [2.24, 2.45) is 4.99 Å². The number of Topliss-reactive ketones (excluding diaryl/α,β-unsaturated/α-hetero) is 1. The first-order valence-corrected chi connectivity index (χ1v) is 31.2. The Balaban J connectivity index is 1.12. The summed E-state index contributed by atoms with van der Waals surface area (Å²) >= 11 is 1.79. The van der Waals surface area contributed by atoms with Crippen molar-refractivity contribution < 1.29 is 4.79 Å². The van der Waals surface area contributed by atoms with Gasteiger partial charge in [0.15, 0.2) is 11.0 Å². The third-order valence-electron chi connectivity index (χ3n) is 26.9. The number of nitrogens with zero attached hydrogens (tertiary/aromatic N) is 2. The van der Waals surface area contributed by atoms with Crippen molar-refractivity contribution in [1.82, 2.24) is 4.98 Å². The number of ketones is 1. The minimum Gasteiger partial charge on any atom is -0.290 e. The van der Waals surface area contributed by atoms with Crippen molar-refractivity contribution >= 4 is 312 Å². The Labute approximate surface area is 469 Å². The van der Waals surface area contributed by atoms with Gasteiger partial charge < -0.3 is 0 Å². The summed E-state index contributed by atoms with van der Waals surface area (Å²) in [6.07, 6.45) is 1.90. The Kier molecular flexibility index (Phi) is 3.53. The van der Waals surface area contributed by atoms with Crippen LogP contribution in [0.15, 0.2) is 94.8 Å². The van der Waals surface area contributed by atoms with Gasteiger partial charge in [-0.2, -0.15) is 0 Å². The van der Waals surface area contributed by atoms with Gasteiger partial charge in [-0.15, -0.1) is 11.3 Å². The molecule has 2 aromatic heterocycles. The van der Waals surface area contributed by atoms with E-state index in [0.29, 0.717) is 5.69 Å². The molecule has 362 valence electrons. The van der Waals surface area contributed by atoms with E-state index < -0.39 is 11.0 Å². The number of hydrogen-bond donors (Lipinski definition) is 0. The molecule has 1 aliphatic heterocycles. The van der Waals surface area contributed by atoms with Crippen molar-refractivity contribution in [2.75, 3.05) is 0 Å². The fourth-order valence-electron chi connectivity index (χ4n) is 25.8. The van der Waals surface area contributed by atoms with E-state index >= 15 is 9.59 Å². The zero-order chi connectivity index (χ0) is 52.0. The van der Waals surface area contributed by atoms with Gasteiger partial charge in [-0.1, -0.05) is 66.7 Å². The van der Waals surface area contributed by atoms with Crippen molar-refractivity contribution in [3.8, 4) is 0 Å². The minimum absolute atomic E-state index is 0.00671. The van der Waals surface area contributed by atoms with Crippen LogP contribution < -0.4 is 5.43 Å². The van der Waals surface area contributed by atoms with E-state index in [1.807, 2.05) is 12.3 Å². The zero-order valence-electron chi connectivity index (χ0n) is 43.2. The average Bonchev–Trinajstić information content (AvgIpc) is 1.43. The molecule has 0 fully saturated rings. The fourth-order valence-corrected chi connectivity index (χ4v) is 27.2. The maximum absolute atomic E-state index is 18.5. The van der Waals surface area contributed by atoms with Gasteiger partial charge in [0.2, 0.25) is 5.78 Å². The molecular weight excluding hydrogens is 1050 g/mol. The molecule has 0 saturated carbocycles. The Morgan fingerprint density at radius 2 is 0.647 bits per heavy atom. The Morgan fingerprint density at radius 1 is 0.294 bits per heavy atom. The van der Waals surface area contributed by atoms with E-state index in [9.17, 15) is 0 Å². The highest BCUT2D eigenvalue weighted by Gasteiger charge is 2.64. The van der Waals surface area contributed by atoms with Gasteiger partial charge in [0.25, 0.3) is 0 Å². The van der Waals surface area contributed by atoms with Crippen molar-refractivity contribution in [2.45, 2.75) is 11.0 Å². The molecule has 4 nitrogen and oxygen atoms in total. The van der Waals surface area contributed by atoms with Gasteiger partial charge in [0.05, 0.1) is 16.8 Å². The second-order valence-corrected chi connectivity index (χ2v) is 29.3. The second-order valence-electron chi connectivity index (χ2n) is 28.3. The van der Waals surface area contributed by atoms with Gasteiger partial charge in [-0.25, -0.2) is 0 Å². The summed E-state index contributed by atoms with van der Waals surface area (Å²) in [7, 11) is 0. The Bertz CT molecular complexity index is 8740. The molecule has 3 aliphatic rings. The predicted molar refractivity (Wildman–Crippen MR) is 354 cm³/mol. The van der Waals surface area contributed by atoms with E-state index in [1.54, 1.807) is 11.3 Å². The lowest BCUT2D eigenvalue weighted by Gasteiger charge is -2.51. The Morgan fingerprint density at radius 3 is 1.12 bits per heavy atom. The summed E-state index contributed by atoms with van der Waals surface area (Å²) in [6, 6.07) is 28.4. The minimum atomic E-state index is -1.62. The summed E-state index contributed by atoms with van der Waals surface area (Å²) in [5.41, 5.74) is 4.83. The lowest BCUT2D eigenvalue weighted by atomic mass is 9.52.